The first-order chi connectivity index (χ1) is 11.7. The Morgan fingerprint density at radius 2 is 1.92 bits per heavy atom. The molecule has 0 radical (unpaired) electrons. The van der Waals surface area contributed by atoms with Crippen molar-refractivity contribution in [1.82, 2.24) is 15.1 Å². The number of hydrogen-bond acceptors (Lipinski definition) is 2. The van der Waals surface area contributed by atoms with E-state index in [0.29, 0.717) is 10.8 Å². The minimum Gasteiger partial charge on any atom is -0.324 e. The molecule has 0 spiro atoms. The smallest absolute Gasteiger partial charge is 0.323 e. The molecule has 0 bridgehead atoms. The number of likely N-dealkylation sites (tertiary alicyclic amines) is 1. The summed E-state index contributed by atoms with van der Waals surface area (Å²) in [7, 11) is 0. The third kappa shape index (κ3) is 2.71. The molecule has 2 aromatic carbocycles. The molecule has 0 unspecified atom stereocenters. The molecule has 1 aromatic heterocycles. The van der Waals surface area contributed by atoms with E-state index in [-0.39, 0.29) is 6.03 Å². The average Bonchev–Trinajstić information content (AvgIpc) is 3.25. The van der Waals surface area contributed by atoms with Gasteiger partial charge in [0.15, 0.2) is 5.82 Å². The van der Waals surface area contributed by atoms with Gasteiger partial charge >= 0.3 is 6.03 Å². The topological polar surface area (TPSA) is 61.0 Å². The number of amides is 2. The summed E-state index contributed by atoms with van der Waals surface area (Å²) in [6, 6.07) is 13.6. The van der Waals surface area contributed by atoms with Crippen LogP contribution < -0.4 is 5.32 Å². The van der Waals surface area contributed by atoms with Crippen molar-refractivity contribution in [2.45, 2.75) is 12.8 Å². The Labute approximate surface area is 144 Å². The largest absolute Gasteiger partial charge is 0.324 e. The molecule has 6 heteroatoms. The van der Waals surface area contributed by atoms with Gasteiger partial charge in [0.25, 0.3) is 0 Å². The van der Waals surface area contributed by atoms with E-state index in [0.717, 1.165) is 48.0 Å². The Kier molecular flexibility index (Phi) is 3.86. The first kappa shape index (κ1) is 15.0. The number of nitrogens with zero attached hydrogens (tertiary/aromatic N) is 2. The number of carbonyl (C=O) groups excluding carboxylic acids is 1. The molecule has 24 heavy (non-hydrogen) atoms. The maximum Gasteiger partial charge on any atom is 0.323 e. The summed E-state index contributed by atoms with van der Waals surface area (Å²) in [5, 5.41) is 11.6. The average molecular weight is 341 g/mol. The highest BCUT2D eigenvalue weighted by molar-refractivity contribution is 6.34. The highest BCUT2D eigenvalue weighted by Gasteiger charge is 2.20. The van der Waals surface area contributed by atoms with E-state index in [1.807, 2.05) is 47.4 Å². The van der Waals surface area contributed by atoms with Gasteiger partial charge in [0.1, 0.15) is 0 Å². The number of hydrogen-bond donors (Lipinski definition) is 2. The van der Waals surface area contributed by atoms with Crippen molar-refractivity contribution in [2.24, 2.45) is 0 Å². The van der Waals surface area contributed by atoms with E-state index >= 15 is 0 Å². The molecule has 2 heterocycles. The van der Waals surface area contributed by atoms with Crippen molar-refractivity contribution in [3.8, 4) is 11.1 Å². The highest BCUT2D eigenvalue weighted by atomic mass is 35.5. The van der Waals surface area contributed by atoms with E-state index in [1.165, 1.54) is 0 Å². The van der Waals surface area contributed by atoms with Crippen LogP contribution >= 0.6 is 11.6 Å². The number of halogens is 1. The standard InChI is InChI=1S/C18H17ClN4O/c19-15-11-16-14(10-13(15)12-6-2-1-3-7-12)17(22-21-16)20-18(24)23-8-4-5-9-23/h1-3,6-7,10-11H,4-5,8-9H2,(H2,20,21,22,24). The number of carbonyl (C=O) groups is 1. The molecular weight excluding hydrogens is 324 g/mol. The van der Waals surface area contributed by atoms with Gasteiger partial charge in [-0.2, -0.15) is 5.10 Å². The number of anilines is 1. The van der Waals surface area contributed by atoms with Crippen molar-refractivity contribution in [1.29, 1.82) is 0 Å². The number of H-pyrrole nitrogens is 1. The van der Waals surface area contributed by atoms with Gasteiger partial charge < -0.3 is 4.90 Å². The number of aromatic amines is 1. The zero-order valence-corrected chi connectivity index (χ0v) is 13.8. The Bertz CT molecular complexity index is 885. The molecule has 1 fully saturated rings. The van der Waals surface area contributed by atoms with Crippen LogP contribution in [0.2, 0.25) is 5.02 Å². The summed E-state index contributed by atoms with van der Waals surface area (Å²) in [6.07, 6.45) is 2.12. The number of aromatic nitrogens is 2. The molecule has 122 valence electrons. The number of rotatable bonds is 2. The molecule has 0 atom stereocenters. The van der Waals surface area contributed by atoms with Gasteiger partial charge in [0.2, 0.25) is 0 Å². The maximum atomic E-state index is 12.3. The van der Waals surface area contributed by atoms with Crippen LogP contribution in [-0.4, -0.2) is 34.2 Å². The van der Waals surface area contributed by atoms with Crippen LogP contribution in [0.25, 0.3) is 22.0 Å². The second kappa shape index (κ2) is 6.17. The summed E-state index contributed by atoms with van der Waals surface area (Å²) in [5.41, 5.74) is 2.75. The molecule has 0 saturated carbocycles. The monoisotopic (exact) mass is 340 g/mol. The normalized spacial score (nSPS) is 14.3. The predicted molar refractivity (Wildman–Crippen MR) is 96.4 cm³/mol. The molecule has 0 aliphatic carbocycles. The van der Waals surface area contributed by atoms with Gasteiger partial charge in [0.05, 0.1) is 10.5 Å². The van der Waals surface area contributed by atoms with Crippen molar-refractivity contribution in [3.05, 3.63) is 47.5 Å². The maximum absolute atomic E-state index is 12.3. The van der Waals surface area contributed by atoms with Gasteiger partial charge in [-0.25, -0.2) is 4.79 Å². The van der Waals surface area contributed by atoms with Crippen LogP contribution in [0.4, 0.5) is 10.6 Å². The molecule has 4 rings (SSSR count). The Morgan fingerprint density at radius 3 is 2.67 bits per heavy atom. The van der Waals surface area contributed by atoms with Crippen LogP contribution in [0.3, 0.4) is 0 Å². The molecule has 2 N–H and O–H groups in total. The lowest BCUT2D eigenvalue weighted by Crippen LogP contribution is -2.32. The molecular formula is C18H17ClN4O. The van der Waals surface area contributed by atoms with Crippen molar-refractivity contribution in [2.75, 3.05) is 18.4 Å². The van der Waals surface area contributed by atoms with Gasteiger partial charge in [-0.05, 0) is 30.5 Å². The fraction of sp³-hybridized carbons (Fsp3) is 0.222. The molecule has 1 aliphatic heterocycles. The van der Waals surface area contributed by atoms with Gasteiger partial charge in [-0.1, -0.05) is 41.9 Å². The van der Waals surface area contributed by atoms with Crippen LogP contribution in [0.1, 0.15) is 12.8 Å². The third-order valence-electron chi connectivity index (χ3n) is 4.35. The second-order valence-electron chi connectivity index (χ2n) is 5.94. The quantitative estimate of drug-likeness (QED) is 0.721. The zero-order chi connectivity index (χ0) is 16.5. The molecule has 3 aromatic rings. The first-order valence-electron chi connectivity index (χ1n) is 8.01. The fourth-order valence-electron chi connectivity index (χ4n) is 3.07. The summed E-state index contributed by atoms with van der Waals surface area (Å²) >= 11 is 6.41. The summed E-state index contributed by atoms with van der Waals surface area (Å²) in [5.74, 6) is 0.538. The third-order valence-corrected chi connectivity index (χ3v) is 4.67. The van der Waals surface area contributed by atoms with Crippen molar-refractivity contribution in [3.63, 3.8) is 0 Å². The minimum atomic E-state index is -0.0999. The van der Waals surface area contributed by atoms with Crippen LogP contribution in [-0.2, 0) is 0 Å². The Hall–Kier alpha value is -2.53. The number of urea groups is 1. The number of fused-ring (bicyclic) bond motifs is 1. The molecule has 1 saturated heterocycles. The van der Waals surface area contributed by atoms with Crippen LogP contribution in [0.5, 0.6) is 0 Å². The summed E-state index contributed by atoms with van der Waals surface area (Å²) in [6.45, 7) is 1.60. The Morgan fingerprint density at radius 1 is 1.17 bits per heavy atom. The second-order valence-corrected chi connectivity index (χ2v) is 6.35. The SMILES string of the molecule is O=C(Nc1n[nH]c2cc(Cl)c(-c3ccccc3)cc12)N1CCCC1. The lowest BCUT2D eigenvalue weighted by molar-refractivity contribution is 0.222. The van der Waals surface area contributed by atoms with E-state index in [4.69, 9.17) is 11.6 Å². The minimum absolute atomic E-state index is 0.0999. The highest BCUT2D eigenvalue weighted by Crippen LogP contribution is 2.34. The van der Waals surface area contributed by atoms with Gasteiger partial charge in [0, 0.05) is 24.0 Å². The number of nitrogens with one attached hydrogen (secondary N) is 2. The van der Waals surface area contributed by atoms with E-state index in [1.54, 1.807) is 0 Å². The molecule has 1 aliphatic rings. The van der Waals surface area contributed by atoms with Gasteiger partial charge in [-0.15, -0.1) is 0 Å². The van der Waals surface area contributed by atoms with Gasteiger partial charge in [-0.3, -0.25) is 10.4 Å². The van der Waals surface area contributed by atoms with E-state index in [2.05, 4.69) is 15.5 Å². The predicted octanol–water partition coefficient (Wildman–Crippen LogP) is 4.51. The van der Waals surface area contributed by atoms with E-state index in [9.17, 15) is 4.79 Å². The molecule has 5 nitrogen and oxygen atoms in total. The van der Waals surface area contributed by atoms with Crippen molar-refractivity contribution < 1.29 is 4.79 Å². The first-order valence-corrected chi connectivity index (χ1v) is 8.39. The van der Waals surface area contributed by atoms with E-state index < -0.39 is 0 Å². The zero-order valence-electron chi connectivity index (χ0n) is 13.1. The lowest BCUT2D eigenvalue weighted by atomic mass is 10.0. The summed E-state index contributed by atoms with van der Waals surface area (Å²) in [4.78, 5) is 14.1. The Balaban J connectivity index is 1.71. The molecule has 2 amide bonds. The summed E-state index contributed by atoms with van der Waals surface area (Å²) < 4.78 is 0. The number of benzene rings is 2. The fourth-order valence-corrected chi connectivity index (χ4v) is 3.35. The van der Waals surface area contributed by atoms with Crippen LogP contribution in [0, 0.1) is 0 Å². The lowest BCUT2D eigenvalue weighted by Gasteiger charge is -2.15. The van der Waals surface area contributed by atoms with Crippen LogP contribution in [0.15, 0.2) is 42.5 Å². The van der Waals surface area contributed by atoms with Crippen molar-refractivity contribution >= 4 is 34.4 Å².